The Morgan fingerprint density at radius 3 is 0.879 bits per heavy atom. The number of rotatable bonds is 9. The predicted octanol–water partition coefficient (Wildman–Crippen LogP) is 11.7. The van der Waals surface area contributed by atoms with Gasteiger partial charge < -0.3 is 4.43 Å². The molecule has 0 saturated carbocycles. The molecule has 0 aliphatic heterocycles. The minimum absolute atomic E-state index is 0.789. The van der Waals surface area contributed by atoms with Crippen LogP contribution in [0.1, 0.15) is 52.7 Å². The van der Waals surface area contributed by atoms with E-state index in [9.17, 15) is 13.2 Å². The molecular formula is C40H21BF23OSi-. The Bertz CT molecular complexity index is 2670. The molecular weight excluding hydrogens is 972 g/mol. The van der Waals surface area contributed by atoms with Gasteiger partial charge in [-0.1, -0.05) is 41.5 Å². The molecule has 356 valence electrons. The first kappa shape index (κ1) is 50.0. The summed E-state index contributed by atoms with van der Waals surface area (Å²) in [6.45, 7) is 8.41. The molecule has 0 radical (unpaired) electrons. The first-order valence-electron chi connectivity index (χ1n) is 18.5. The van der Waals surface area contributed by atoms with Crippen LogP contribution in [0.15, 0.2) is 0 Å². The molecule has 0 saturated heterocycles. The molecule has 66 heavy (non-hydrogen) atoms. The Morgan fingerprint density at radius 2 is 0.576 bits per heavy atom. The van der Waals surface area contributed by atoms with Gasteiger partial charge in [-0.3, -0.25) is 0 Å². The third-order valence-corrected chi connectivity index (χ3v) is 17.9. The number of alkyl halides is 2. The van der Waals surface area contributed by atoms with E-state index in [2.05, 4.69) is 0 Å². The average Bonchev–Trinajstić information content (AvgIpc) is 3.49. The second kappa shape index (κ2) is 16.1. The monoisotopic (exact) mass is 993 g/mol. The second-order valence-corrected chi connectivity index (χ2v) is 21.3. The standard InChI is InChI=1S/C40H21BF23OSi/c1-7(2)66(8(3)4,9(5)6)65-39-19(43)11-10-12(40(63,64)13(11)20(44)38(39)62)14(21(45)28(52)18(10)42)41(15-22(46)29(53)35(59)30(54)23(15)47,16-24(48)31(55)36(60)32(56)25(16)49)17-26(50)33(57)37(61)34(58)27(17)51/h7-9H,1-6H3/q-1. The van der Waals surface area contributed by atoms with Gasteiger partial charge in [0.1, 0.15) is 46.9 Å². The first-order valence-corrected chi connectivity index (χ1v) is 20.6. The van der Waals surface area contributed by atoms with Gasteiger partial charge in [0, 0.05) is 16.7 Å². The van der Waals surface area contributed by atoms with Crippen molar-refractivity contribution in [3.63, 3.8) is 0 Å². The molecule has 0 unspecified atom stereocenters. The molecule has 0 N–H and O–H groups in total. The highest BCUT2D eigenvalue weighted by atomic mass is 28.4. The molecule has 1 nitrogen and oxygen atoms in total. The van der Waals surface area contributed by atoms with E-state index < -0.39 is 209 Å². The van der Waals surface area contributed by atoms with Crippen molar-refractivity contribution in [3.8, 4) is 16.9 Å². The third-order valence-electron chi connectivity index (χ3n) is 12.0. The van der Waals surface area contributed by atoms with E-state index in [-0.39, 0.29) is 0 Å². The van der Waals surface area contributed by atoms with Gasteiger partial charge in [-0.25, -0.2) is 87.8 Å². The van der Waals surface area contributed by atoms with Crippen LogP contribution in [0.3, 0.4) is 0 Å². The molecule has 1 aliphatic carbocycles. The maximum atomic E-state index is 17.3. The van der Waals surface area contributed by atoms with E-state index in [1.54, 1.807) is 0 Å². The number of fused-ring (bicyclic) bond motifs is 3. The zero-order valence-electron chi connectivity index (χ0n) is 33.4. The third kappa shape index (κ3) is 6.16. The zero-order chi connectivity index (χ0) is 50.3. The molecule has 26 heteroatoms. The van der Waals surface area contributed by atoms with Crippen molar-refractivity contribution in [1.82, 2.24) is 0 Å². The van der Waals surface area contributed by atoms with Crippen LogP contribution in [-0.4, -0.2) is 14.5 Å². The van der Waals surface area contributed by atoms with Gasteiger partial charge in [-0.05, 0) is 16.6 Å². The van der Waals surface area contributed by atoms with Crippen LogP contribution in [0.2, 0.25) is 16.6 Å². The normalized spacial score (nSPS) is 13.8. The highest BCUT2D eigenvalue weighted by Gasteiger charge is 2.60. The van der Waals surface area contributed by atoms with Crippen LogP contribution in [0.4, 0.5) is 101 Å². The molecule has 0 bridgehead atoms. The quantitative estimate of drug-likeness (QED) is 0.0619. The van der Waals surface area contributed by atoms with Crippen molar-refractivity contribution in [3.05, 3.63) is 133 Å². The van der Waals surface area contributed by atoms with Crippen molar-refractivity contribution >= 4 is 36.3 Å². The fourth-order valence-electron chi connectivity index (χ4n) is 9.43. The molecule has 0 spiro atoms. The van der Waals surface area contributed by atoms with E-state index in [0.29, 0.717) is 0 Å². The van der Waals surface area contributed by atoms with E-state index in [1.807, 2.05) is 0 Å². The zero-order valence-corrected chi connectivity index (χ0v) is 34.4. The summed E-state index contributed by atoms with van der Waals surface area (Å²) in [6.07, 6.45) is -7.68. The summed E-state index contributed by atoms with van der Waals surface area (Å²) in [5.74, 6) is -83.9. The molecule has 0 fully saturated rings. The minimum Gasteiger partial charge on any atom is -0.539 e. The van der Waals surface area contributed by atoms with Crippen LogP contribution in [0.5, 0.6) is 5.75 Å². The van der Waals surface area contributed by atoms with Gasteiger partial charge in [0.05, 0.1) is 5.56 Å². The molecule has 0 aromatic heterocycles. The summed E-state index contributed by atoms with van der Waals surface area (Å²) in [5.41, 5.74) is -29.4. The summed E-state index contributed by atoms with van der Waals surface area (Å²) in [6, 6.07) is 0. The summed E-state index contributed by atoms with van der Waals surface area (Å²) < 4.78 is 373. The van der Waals surface area contributed by atoms with Crippen LogP contribution < -0.4 is 26.3 Å². The molecule has 5 aromatic rings. The highest BCUT2D eigenvalue weighted by Crippen LogP contribution is 2.57. The van der Waals surface area contributed by atoms with Crippen molar-refractivity contribution in [2.75, 3.05) is 0 Å². The molecule has 0 heterocycles. The van der Waals surface area contributed by atoms with Crippen LogP contribution in [0.25, 0.3) is 11.1 Å². The lowest BCUT2D eigenvalue weighted by atomic mass is 9.12. The lowest BCUT2D eigenvalue weighted by Gasteiger charge is -2.46. The Kier molecular flexibility index (Phi) is 12.2. The molecule has 6 rings (SSSR count). The minimum atomic E-state index is -7.68. The van der Waals surface area contributed by atoms with E-state index in [0.717, 1.165) is 0 Å². The molecule has 0 amide bonds. The number of hydrogen-bond donors (Lipinski definition) is 0. The smallest absolute Gasteiger partial charge is 0.299 e. The van der Waals surface area contributed by atoms with E-state index in [1.165, 1.54) is 41.5 Å². The van der Waals surface area contributed by atoms with Crippen LogP contribution >= 0.6 is 0 Å². The lowest BCUT2D eigenvalue weighted by Crippen LogP contribution is -2.81. The summed E-state index contributed by atoms with van der Waals surface area (Å²) in [4.78, 5) is 0. The molecule has 5 aromatic carbocycles. The average molecular weight is 993 g/mol. The summed E-state index contributed by atoms with van der Waals surface area (Å²) in [5, 5.41) is 0. The largest absolute Gasteiger partial charge is 0.539 e. The SMILES string of the molecule is CC(C)[Si](Oc1c(F)c(F)c2c(c1F)-c1c(F)c(F)c(F)c([B-](c3c(F)c(F)c(F)c(F)c3F)(c3c(F)c(F)c(F)c(F)c3F)c3c(F)c(F)c(F)c(F)c3F)c1C2(F)F)(C(C)C)C(C)C. The summed E-state index contributed by atoms with van der Waals surface area (Å²) in [7, 11) is -3.92. The topological polar surface area (TPSA) is 9.23 Å². The van der Waals surface area contributed by atoms with Crippen molar-refractivity contribution < 1.29 is 105 Å². The maximum absolute atomic E-state index is 17.3. The van der Waals surface area contributed by atoms with Crippen LogP contribution in [-0.2, 0) is 5.92 Å². The Labute approximate surface area is 355 Å². The first-order chi connectivity index (χ1) is 30.3. The Hall–Kier alpha value is -5.43. The predicted molar refractivity (Wildman–Crippen MR) is 189 cm³/mol. The van der Waals surface area contributed by atoms with Crippen molar-refractivity contribution in [2.24, 2.45) is 0 Å². The van der Waals surface area contributed by atoms with E-state index >= 15 is 87.8 Å². The Balaban J connectivity index is 2.09. The van der Waals surface area contributed by atoms with Gasteiger partial charge in [-0.2, -0.15) is 13.2 Å². The fraction of sp³-hybridized carbons (Fsp3) is 0.250. The number of hydrogen-bond acceptors (Lipinski definition) is 1. The summed E-state index contributed by atoms with van der Waals surface area (Å²) >= 11 is 0. The number of benzene rings is 5. The maximum Gasteiger partial charge on any atom is 0.299 e. The van der Waals surface area contributed by atoms with Gasteiger partial charge in [-0.15, -0.1) is 21.9 Å². The van der Waals surface area contributed by atoms with E-state index in [4.69, 9.17) is 4.43 Å². The number of halogens is 23. The van der Waals surface area contributed by atoms with Gasteiger partial charge in [0.25, 0.3) is 14.2 Å². The fourth-order valence-corrected chi connectivity index (χ4v) is 14.7. The molecule has 0 atom stereocenters. The Morgan fingerprint density at radius 1 is 0.318 bits per heavy atom. The second-order valence-electron chi connectivity index (χ2n) is 15.9. The lowest BCUT2D eigenvalue weighted by molar-refractivity contribution is 0.0436. The van der Waals surface area contributed by atoms with Crippen LogP contribution in [0, 0.1) is 122 Å². The van der Waals surface area contributed by atoms with Crippen molar-refractivity contribution in [1.29, 1.82) is 0 Å². The molecule has 1 aliphatic rings. The van der Waals surface area contributed by atoms with Crippen molar-refractivity contribution in [2.45, 2.75) is 64.1 Å². The van der Waals surface area contributed by atoms with Gasteiger partial charge in [0.15, 0.2) is 81.4 Å². The van der Waals surface area contributed by atoms with Gasteiger partial charge >= 0.3 is 0 Å². The van der Waals surface area contributed by atoms with Gasteiger partial charge in [0.2, 0.25) is 5.82 Å². The highest BCUT2D eigenvalue weighted by molar-refractivity contribution is 7.20.